The van der Waals surface area contributed by atoms with Crippen LogP contribution in [0.3, 0.4) is 0 Å². The molecule has 0 bridgehead atoms. The van der Waals surface area contributed by atoms with Gasteiger partial charge in [0.15, 0.2) is 0 Å². The molecule has 2 atom stereocenters. The number of esters is 1. The van der Waals surface area contributed by atoms with Gasteiger partial charge in [-0.1, -0.05) is 6.58 Å². The first-order valence-corrected chi connectivity index (χ1v) is 8.28. The number of alkyl halides is 9. The van der Waals surface area contributed by atoms with E-state index >= 15 is 0 Å². The first-order valence-electron chi connectivity index (χ1n) is 8.28. The number of rotatable bonds is 7. The van der Waals surface area contributed by atoms with Crippen molar-refractivity contribution in [1.82, 2.24) is 0 Å². The van der Waals surface area contributed by atoms with Gasteiger partial charge in [0, 0.05) is 0 Å². The van der Waals surface area contributed by atoms with Crippen LogP contribution < -0.4 is 0 Å². The summed E-state index contributed by atoms with van der Waals surface area (Å²) in [5.41, 5.74) is 0. The highest BCUT2D eigenvalue weighted by molar-refractivity contribution is 5.73. The summed E-state index contributed by atoms with van der Waals surface area (Å²) >= 11 is 0. The van der Waals surface area contributed by atoms with Crippen molar-refractivity contribution in [2.45, 2.75) is 44.2 Å². The van der Waals surface area contributed by atoms with E-state index < -0.39 is 67.6 Å². The summed E-state index contributed by atoms with van der Waals surface area (Å²) in [6.45, 7) is 2.92. The normalized spacial score (nSPS) is 26.6. The van der Waals surface area contributed by atoms with Crippen molar-refractivity contribution < 1.29 is 53.8 Å². The molecule has 1 saturated carbocycles. The minimum atomic E-state index is -5.42. The van der Waals surface area contributed by atoms with Crippen LogP contribution in [0.1, 0.15) is 25.7 Å². The molecule has 164 valence electrons. The number of hydrogen-bond acceptors (Lipinski definition) is 3. The van der Waals surface area contributed by atoms with E-state index in [1.807, 2.05) is 0 Å². The first-order chi connectivity index (χ1) is 12.7. The van der Waals surface area contributed by atoms with Crippen LogP contribution in [-0.2, 0) is 14.3 Å². The van der Waals surface area contributed by atoms with E-state index in [-0.39, 0.29) is 19.4 Å². The van der Waals surface area contributed by atoms with Crippen LogP contribution in [0.2, 0.25) is 0 Å². The molecule has 0 amide bonds. The zero-order valence-corrected chi connectivity index (χ0v) is 14.5. The molecule has 0 aromatic carbocycles. The molecule has 3 nitrogen and oxygen atoms in total. The van der Waals surface area contributed by atoms with E-state index in [1.54, 1.807) is 0 Å². The molecule has 1 rings (SSSR count). The van der Waals surface area contributed by atoms with Gasteiger partial charge in [0.05, 0.1) is 43.1 Å². The van der Waals surface area contributed by atoms with Crippen molar-refractivity contribution in [3.8, 4) is 0 Å². The Morgan fingerprint density at radius 2 is 1.32 bits per heavy atom. The van der Waals surface area contributed by atoms with Gasteiger partial charge in [-0.2, -0.15) is 39.5 Å². The molecule has 1 aliphatic rings. The van der Waals surface area contributed by atoms with Crippen molar-refractivity contribution in [2.24, 2.45) is 23.7 Å². The molecule has 0 heterocycles. The predicted octanol–water partition coefficient (Wildman–Crippen LogP) is 5.42. The zero-order chi connectivity index (χ0) is 21.8. The average molecular weight is 430 g/mol. The third kappa shape index (κ3) is 6.77. The topological polar surface area (TPSA) is 35.5 Å². The molecule has 0 aliphatic heterocycles. The minimum Gasteiger partial charge on any atom is -0.502 e. The molecule has 0 saturated heterocycles. The molecule has 0 spiro atoms. The quantitative estimate of drug-likeness (QED) is 0.234. The summed E-state index contributed by atoms with van der Waals surface area (Å²) in [7, 11) is 0. The molecule has 0 N–H and O–H groups in total. The van der Waals surface area contributed by atoms with Crippen molar-refractivity contribution in [2.75, 3.05) is 13.2 Å². The number of unbranched alkanes of at least 4 members (excludes halogenated alkanes) is 1. The monoisotopic (exact) mass is 430 g/mol. The van der Waals surface area contributed by atoms with Crippen molar-refractivity contribution in [1.29, 1.82) is 0 Å². The third-order valence-corrected chi connectivity index (χ3v) is 4.54. The standard InChI is InChI=1S/C16H19F9O3/c1-2-27-5-3-4-6-28-13(26)12-10(15(20,21)22)7-9(14(17,18)19)8-11(12)16(23,24)25/h2,9-12H,1,3-8H2. The summed E-state index contributed by atoms with van der Waals surface area (Å²) in [5.74, 6) is -13.6. The summed E-state index contributed by atoms with van der Waals surface area (Å²) < 4.78 is 127. The van der Waals surface area contributed by atoms with Gasteiger partial charge in [0.2, 0.25) is 0 Å². The highest BCUT2D eigenvalue weighted by Crippen LogP contribution is 2.54. The number of halogens is 9. The Balaban J connectivity index is 3.01. The second-order valence-electron chi connectivity index (χ2n) is 6.44. The van der Waals surface area contributed by atoms with Crippen LogP contribution in [0.5, 0.6) is 0 Å². The molecule has 1 aliphatic carbocycles. The lowest BCUT2D eigenvalue weighted by molar-refractivity contribution is -0.279. The third-order valence-electron chi connectivity index (χ3n) is 4.54. The fourth-order valence-corrected chi connectivity index (χ4v) is 3.19. The lowest BCUT2D eigenvalue weighted by Gasteiger charge is -2.42. The van der Waals surface area contributed by atoms with Gasteiger partial charge < -0.3 is 9.47 Å². The smallest absolute Gasteiger partial charge is 0.392 e. The molecule has 2 unspecified atom stereocenters. The maximum absolute atomic E-state index is 13.2. The molecular formula is C16H19F9O3. The van der Waals surface area contributed by atoms with Gasteiger partial charge in [0.25, 0.3) is 0 Å². The van der Waals surface area contributed by atoms with Crippen LogP contribution in [0, 0.1) is 23.7 Å². The molecule has 0 aromatic rings. The Morgan fingerprint density at radius 3 is 1.71 bits per heavy atom. The Bertz CT molecular complexity index is 501. The molecule has 28 heavy (non-hydrogen) atoms. The molecule has 0 aromatic heterocycles. The Hall–Kier alpha value is -1.62. The van der Waals surface area contributed by atoms with E-state index in [4.69, 9.17) is 4.74 Å². The number of hydrogen-bond donors (Lipinski definition) is 0. The Kier molecular flexibility index (Phi) is 8.07. The van der Waals surface area contributed by atoms with Crippen LogP contribution in [0.15, 0.2) is 12.8 Å². The number of carbonyl (C=O) groups excluding carboxylic acids is 1. The highest BCUT2D eigenvalue weighted by atomic mass is 19.4. The van der Waals surface area contributed by atoms with Gasteiger partial charge in [0.1, 0.15) is 0 Å². The summed E-state index contributed by atoms with van der Waals surface area (Å²) in [5, 5.41) is 0. The van der Waals surface area contributed by atoms with Crippen LogP contribution in [0.4, 0.5) is 39.5 Å². The van der Waals surface area contributed by atoms with Crippen LogP contribution in [0.25, 0.3) is 0 Å². The summed E-state index contributed by atoms with van der Waals surface area (Å²) in [4.78, 5) is 12.0. The van der Waals surface area contributed by atoms with Crippen molar-refractivity contribution in [3.05, 3.63) is 12.8 Å². The van der Waals surface area contributed by atoms with Gasteiger partial charge in [-0.05, 0) is 25.7 Å². The lowest BCUT2D eigenvalue weighted by atomic mass is 9.66. The minimum absolute atomic E-state index is 0.0881. The Labute approximate surface area is 154 Å². The molecule has 12 heteroatoms. The van der Waals surface area contributed by atoms with E-state index in [9.17, 15) is 44.3 Å². The molecular weight excluding hydrogens is 411 g/mol. The fourth-order valence-electron chi connectivity index (χ4n) is 3.19. The lowest BCUT2D eigenvalue weighted by Crippen LogP contribution is -2.52. The second kappa shape index (κ2) is 9.25. The number of ether oxygens (including phenoxy) is 2. The van der Waals surface area contributed by atoms with Crippen LogP contribution >= 0.6 is 0 Å². The van der Waals surface area contributed by atoms with Crippen molar-refractivity contribution >= 4 is 5.97 Å². The van der Waals surface area contributed by atoms with Gasteiger partial charge in [-0.15, -0.1) is 0 Å². The molecule has 0 radical (unpaired) electrons. The summed E-state index contributed by atoms with van der Waals surface area (Å²) in [6.07, 6.45) is -17.9. The fraction of sp³-hybridized carbons (Fsp3) is 0.812. The van der Waals surface area contributed by atoms with E-state index in [1.165, 1.54) is 0 Å². The SMILES string of the molecule is C=COCCCCOC(=O)C1C(C(F)(F)F)CC(C(F)(F)F)CC1C(F)(F)F. The maximum atomic E-state index is 13.2. The second-order valence-corrected chi connectivity index (χ2v) is 6.44. The average Bonchev–Trinajstić information content (AvgIpc) is 2.54. The number of carbonyl (C=O) groups is 1. The van der Waals surface area contributed by atoms with Gasteiger partial charge >= 0.3 is 24.5 Å². The largest absolute Gasteiger partial charge is 0.502 e. The van der Waals surface area contributed by atoms with E-state index in [2.05, 4.69) is 11.3 Å². The van der Waals surface area contributed by atoms with E-state index in [0.717, 1.165) is 6.26 Å². The highest BCUT2D eigenvalue weighted by Gasteiger charge is 2.64. The molecule has 1 fully saturated rings. The first kappa shape index (κ1) is 24.4. The van der Waals surface area contributed by atoms with Gasteiger partial charge in [-0.25, -0.2) is 0 Å². The predicted molar refractivity (Wildman–Crippen MR) is 77.7 cm³/mol. The Morgan fingerprint density at radius 1 is 0.857 bits per heavy atom. The van der Waals surface area contributed by atoms with Crippen LogP contribution in [-0.4, -0.2) is 37.7 Å². The van der Waals surface area contributed by atoms with Gasteiger partial charge in [-0.3, -0.25) is 4.79 Å². The summed E-state index contributed by atoms with van der Waals surface area (Å²) in [6, 6.07) is 0. The van der Waals surface area contributed by atoms with Crippen molar-refractivity contribution in [3.63, 3.8) is 0 Å². The zero-order valence-electron chi connectivity index (χ0n) is 14.5. The van der Waals surface area contributed by atoms with E-state index in [0.29, 0.717) is 0 Å². The maximum Gasteiger partial charge on any atom is 0.392 e.